The molecule has 6 nitrogen and oxygen atoms in total. The van der Waals surface area contributed by atoms with Crippen LogP contribution in [0.5, 0.6) is 0 Å². The van der Waals surface area contributed by atoms with E-state index in [0.29, 0.717) is 12.5 Å². The van der Waals surface area contributed by atoms with Crippen molar-refractivity contribution >= 4 is 17.2 Å². The van der Waals surface area contributed by atoms with Crippen LogP contribution in [0.4, 0.5) is 11.4 Å². The standard InChI is InChI=1S/C15H20N2O4/c1-11(18)14-8-13(5-6-15(14)17(19)20)16-7-3-4-12(9-16)10-21-2/h5-6,8,12H,3-4,7,9-10H2,1-2H3. The Morgan fingerprint density at radius 2 is 2.29 bits per heavy atom. The zero-order valence-corrected chi connectivity index (χ0v) is 12.4. The highest BCUT2D eigenvalue weighted by molar-refractivity contribution is 5.99. The molecule has 6 heteroatoms. The average molecular weight is 292 g/mol. The first-order chi connectivity index (χ1) is 10.0. The number of Topliss-reactive ketones (excluding diaryl/α,β-unsaturated/α-hetero) is 1. The Kier molecular flexibility index (Phi) is 4.90. The maximum atomic E-state index is 11.6. The minimum atomic E-state index is -0.509. The zero-order chi connectivity index (χ0) is 15.4. The normalized spacial score (nSPS) is 18.6. The molecule has 1 saturated heterocycles. The van der Waals surface area contributed by atoms with E-state index >= 15 is 0 Å². The first-order valence-electron chi connectivity index (χ1n) is 7.06. The lowest BCUT2D eigenvalue weighted by Gasteiger charge is -2.34. The number of ether oxygens (including phenoxy) is 1. The number of nitro benzene ring substituents is 1. The minimum Gasteiger partial charge on any atom is -0.384 e. The molecule has 0 aromatic heterocycles. The van der Waals surface area contributed by atoms with Crippen molar-refractivity contribution in [1.82, 2.24) is 0 Å². The summed E-state index contributed by atoms with van der Waals surface area (Å²) in [6, 6.07) is 4.78. The Bertz CT molecular complexity index is 542. The predicted octanol–water partition coefficient (Wildman–Crippen LogP) is 2.66. The summed E-state index contributed by atoms with van der Waals surface area (Å²) in [5, 5.41) is 11.0. The summed E-state index contributed by atoms with van der Waals surface area (Å²) in [6.07, 6.45) is 2.18. The molecule has 1 fully saturated rings. The number of rotatable bonds is 5. The van der Waals surface area contributed by atoms with E-state index in [1.807, 2.05) is 0 Å². The van der Waals surface area contributed by atoms with Gasteiger partial charge in [0.15, 0.2) is 5.78 Å². The van der Waals surface area contributed by atoms with Gasteiger partial charge in [0.2, 0.25) is 0 Å². The third-order valence-electron chi connectivity index (χ3n) is 3.84. The quantitative estimate of drug-likeness (QED) is 0.474. The van der Waals surface area contributed by atoms with Gasteiger partial charge >= 0.3 is 0 Å². The Hall–Kier alpha value is -1.95. The van der Waals surface area contributed by atoms with E-state index in [2.05, 4.69) is 4.90 Å². The minimum absolute atomic E-state index is 0.128. The van der Waals surface area contributed by atoms with Crippen LogP contribution in [-0.2, 0) is 4.74 Å². The van der Waals surface area contributed by atoms with Gasteiger partial charge in [-0.1, -0.05) is 0 Å². The summed E-state index contributed by atoms with van der Waals surface area (Å²) in [6.45, 7) is 3.82. The van der Waals surface area contributed by atoms with Crippen molar-refractivity contribution in [2.45, 2.75) is 19.8 Å². The van der Waals surface area contributed by atoms with Crippen LogP contribution >= 0.6 is 0 Å². The van der Waals surface area contributed by atoms with Crippen molar-refractivity contribution in [1.29, 1.82) is 0 Å². The Morgan fingerprint density at radius 3 is 2.90 bits per heavy atom. The van der Waals surface area contributed by atoms with Gasteiger partial charge in [0.1, 0.15) is 0 Å². The highest BCUT2D eigenvalue weighted by Crippen LogP contribution is 2.28. The third-order valence-corrected chi connectivity index (χ3v) is 3.84. The molecule has 0 aliphatic carbocycles. The van der Waals surface area contributed by atoms with Crippen LogP contribution in [0.2, 0.25) is 0 Å². The van der Waals surface area contributed by atoms with Crippen molar-refractivity contribution in [2.24, 2.45) is 5.92 Å². The average Bonchev–Trinajstić information content (AvgIpc) is 2.47. The predicted molar refractivity (Wildman–Crippen MR) is 79.9 cm³/mol. The second kappa shape index (κ2) is 6.67. The van der Waals surface area contributed by atoms with Gasteiger partial charge in [-0.05, 0) is 37.8 Å². The third kappa shape index (κ3) is 3.58. The molecule has 0 saturated carbocycles. The van der Waals surface area contributed by atoms with Gasteiger partial charge in [0.25, 0.3) is 5.69 Å². The van der Waals surface area contributed by atoms with Gasteiger partial charge in [0, 0.05) is 32.0 Å². The second-order valence-corrected chi connectivity index (χ2v) is 5.42. The first kappa shape index (κ1) is 15.4. The fourth-order valence-corrected chi connectivity index (χ4v) is 2.83. The van der Waals surface area contributed by atoms with Crippen LogP contribution in [-0.4, -0.2) is 37.5 Å². The summed E-state index contributed by atoms with van der Waals surface area (Å²) in [7, 11) is 1.69. The number of anilines is 1. The molecule has 2 rings (SSSR count). The number of nitrogens with zero attached hydrogens (tertiary/aromatic N) is 2. The van der Waals surface area contributed by atoms with Crippen LogP contribution in [0, 0.1) is 16.0 Å². The van der Waals surface area contributed by atoms with Crippen molar-refractivity contribution in [3.8, 4) is 0 Å². The van der Waals surface area contributed by atoms with Crippen LogP contribution in [0.25, 0.3) is 0 Å². The maximum absolute atomic E-state index is 11.6. The smallest absolute Gasteiger partial charge is 0.280 e. The fraction of sp³-hybridized carbons (Fsp3) is 0.533. The SMILES string of the molecule is COCC1CCCN(c2ccc([N+](=O)[O-])c(C(C)=O)c2)C1. The van der Waals surface area contributed by atoms with E-state index < -0.39 is 4.92 Å². The van der Waals surface area contributed by atoms with Crippen molar-refractivity contribution in [3.63, 3.8) is 0 Å². The summed E-state index contributed by atoms with van der Waals surface area (Å²) < 4.78 is 5.21. The number of piperidine rings is 1. The summed E-state index contributed by atoms with van der Waals surface area (Å²) in [5.41, 5.74) is 0.912. The highest BCUT2D eigenvalue weighted by Gasteiger charge is 2.23. The molecule has 1 unspecified atom stereocenters. The van der Waals surface area contributed by atoms with Gasteiger partial charge in [0.05, 0.1) is 17.1 Å². The molecule has 114 valence electrons. The number of ketones is 1. The molecule has 1 heterocycles. The molecule has 0 N–H and O–H groups in total. The number of nitro groups is 1. The largest absolute Gasteiger partial charge is 0.384 e. The number of hydrogen-bond acceptors (Lipinski definition) is 5. The van der Waals surface area contributed by atoms with Gasteiger partial charge in [-0.15, -0.1) is 0 Å². The Labute approximate surface area is 123 Å². The lowest BCUT2D eigenvalue weighted by Crippen LogP contribution is -2.37. The first-order valence-corrected chi connectivity index (χ1v) is 7.06. The topological polar surface area (TPSA) is 72.7 Å². The summed E-state index contributed by atoms with van der Waals surface area (Å²) in [4.78, 5) is 24.3. The molecule has 0 spiro atoms. The second-order valence-electron chi connectivity index (χ2n) is 5.42. The molecular weight excluding hydrogens is 272 g/mol. The van der Waals surface area contributed by atoms with Gasteiger partial charge < -0.3 is 9.64 Å². The highest BCUT2D eigenvalue weighted by atomic mass is 16.6. The van der Waals surface area contributed by atoms with Crippen LogP contribution in [0.15, 0.2) is 18.2 Å². The molecule has 0 amide bonds. The van der Waals surface area contributed by atoms with E-state index in [4.69, 9.17) is 4.74 Å². The monoisotopic (exact) mass is 292 g/mol. The molecular formula is C15H20N2O4. The van der Waals surface area contributed by atoms with E-state index in [1.165, 1.54) is 13.0 Å². The summed E-state index contributed by atoms with van der Waals surface area (Å²) in [5.74, 6) is 0.175. The number of carbonyl (C=O) groups is 1. The lowest BCUT2D eigenvalue weighted by molar-refractivity contribution is -0.385. The van der Waals surface area contributed by atoms with Crippen molar-refractivity contribution in [3.05, 3.63) is 33.9 Å². The molecule has 0 bridgehead atoms. The van der Waals surface area contributed by atoms with Gasteiger partial charge in [-0.25, -0.2) is 0 Å². The van der Waals surface area contributed by atoms with Crippen molar-refractivity contribution in [2.75, 3.05) is 31.7 Å². The number of benzene rings is 1. The number of methoxy groups -OCH3 is 1. The molecule has 1 atom stereocenters. The van der Waals surface area contributed by atoms with Crippen LogP contribution in [0.3, 0.4) is 0 Å². The van der Waals surface area contributed by atoms with Gasteiger partial charge in [-0.3, -0.25) is 14.9 Å². The van der Waals surface area contributed by atoms with Crippen LogP contribution < -0.4 is 4.90 Å². The lowest BCUT2D eigenvalue weighted by atomic mass is 9.98. The molecule has 1 aliphatic rings. The molecule has 1 aromatic carbocycles. The molecule has 1 aliphatic heterocycles. The van der Waals surface area contributed by atoms with E-state index in [-0.39, 0.29) is 17.0 Å². The molecule has 0 radical (unpaired) electrons. The van der Waals surface area contributed by atoms with E-state index in [0.717, 1.165) is 31.6 Å². The Morgan fingerprint density at radius 1 is 1.52 bits per heavy atom. The Balaban J connectivity index is 2.25. The fourth-order valence-electron chi connectivity index (χ4n) is 2.83. The van der Waals surface area contributed by atoms with Gasteiger partial charge in [-0.2, -0.15) is 0 Å². The zero-order valence-electron chi connectivity index (χ0n) is 12.4. The van der Waals surface area contributed by atoms with E-state index in [1.54, 1.807) is 19.2 Å². The van der Waals surface area contributed by atoms with E-state index in [9.17, 15) is 14.9 Å². The maximum Gasteiger partial charge on any atom is 0.280 e. The van der Waals surface area contributed by atoms with Crippen LogP contribution in [0.1, 0.15) is 30.1 Å². The molecule has 1 aromatic rings. The number of hydrogen-bond donors (Lipinski definition) is 0. The summed E-state index contributed by atoms with van der Waals surface area (Å²) >= 11 is 0. The van der Waals surface area contributed by atoms with Crippen molar-refractivity contribution < 1.29 is 14.5 Å². The molecule has 21 heavy (non-hydrogen) atoms. The number of carbonyl (C=O) groups excluding carboxylic acids is 1.